The van der Waals surface area contributed by atoms with Crippen LogP contribution < -0.4 is 5.73 Å². The summed E-state index contributed by atoms with van der Waals surface area (Å²) in [6.45, 7) is 0.983. The van der Waals surface area contributed by atoms with Gasteiger partial charge in [-0.25, -0.2) is 4.39 Å². The number of hydrogen-bond acceptors (Lipinski definition) is 2. The summed E-state index contributed by atoms with van der Waals surface area (Å²) in [6, 6.07) is 4.91. The van der Waals surface area contributed by atoms with Crippen LogP contribution in [-0.4, -0.2) is 22.3 Å². The summed E-state index contributed by atoms with van der Waals surface area (Å²) in [4.78, 5) is 13.2. The maximum Gasteiger partial charge on any atom is 0.222 e. The third-order valence-corrected chi connectivity index (χ3v) is 3.10. The van der Waals surface area contributed by atoms with Gasteiger partial charge in [0.05, 0.1) is 0 Å². The molecule has 0 spiro atoms. The number of amides is 1. The van der Waals surface area contributed by atoms with Crippen LogP contribution in [0.4, 0.5) is 4.39 Å². The molecule has 2 N–H and O–H groups in total. The topological polar surface area (TPSA) is 46.3 Å². The van der Waals surface area contributed by atoms with Gasteiger partial charge in [-0.3, -0.25) is 4.79 Å². The van der Waals surface area contributed by atoms with Crippen LogP contribution in [0, 0.1) is 5.82 Å². The van der Waals surface area contributed by atoms with Gasteiger partial charge in [-0.1, -0.05) is 24.4 Å². The highest BCUT2D eigenvalue weighted by Crippen LogP contribution is 2.18. The van der Waals surface area contributed by atoms with E-state index in [1.807, 2.05) is 0 Å². The van der Waals surface area contributed by atoms with Crippen molar-refractivity contribution in [2.24, 2.45) is 5.73 Å². The first-order valence-corrected chi connectivity index (χ1v) is 5.85. The first kappa shape index (κ1) is 12.0. The third-order valence-electron chi connectivity index (χ3n) is 2.88. The Morgan fingerprint density at radius 2 is 2.29 bits per heavy atom. The number of nitrogens with two attached hydrogens (primary N) is 1. The molecule has 0 atom stereocenters. The van der Waals surface area contributed by atoms with E-state index in [1.165, 1.54) is 0 Å². The van der Waals surface area contributed by atoms with Crippen LogP contribution in [0.15, 0.2) is 18.2 Å². The molecule has 3 nitrogen and oxygen atoms in total. The maximum atomic E-state index is 14.0. The average Bonchev–Trinajstić information content (AvgIpc) is 2.67. The minimum atomic E-state index is -0.417. The molecule has 0 radical (unpaired) electrons. The van der Waals surface area contributed by atoms with Crippen molar-refractivity contribution in [3.05, 3.63) is 35.1 Å². The minimum Gasteiger partial charge on any atom is -0.389 e. The molecule has 1 aromatic carbocycles. The molecule has 17 heavy (non-hydrogen) atoms. The van der Waals surface area contributed by atoms with E-state index in [0.717, 1.165) is 6.42 Å². The van der Waals surface area contributed by atoms with Crippen molar-refractivity contribution in [1.82, 2.24) is 4.90 Å². The van der Waals surface area contributed by atoms with Crippen molar-refractivity contribution in [3.8, 4) is 0 Å². The lowest BCUT2D eigenvalue weighted by Gasteiger charge is -2.16. The molecule has 90 valence electrons. The highest BCUT2D eigenvalue weighted by atomic mass is 32.1. The molecule has 1 amide bonds. The van der Waals surface area contributed by atoms with Gasteiger partial charge in [-0.15, -0.1) is 0 Å². The van der Waals surface area contributed by atoms with Crippen molar-refractivity contribution in [3.63, 3.8) is 0 Å². The Kier molecular flexibility index (Phi) is 3.38. The van der Waals surface area contributed by atoms with Gasteiger partial charge >= 0.3 is 0 Å². The second-order valence-corrected chi connectivity index (χ2v) is 4.50. The number of hydrogen-bond donors (Lipinski definition) is 1. The van der Waals surface area contributed by atoms with Crippen LogP contribution >= 0.6 is 12.2 Å². The standard InChI is InChI=1S/C12H13FN2OS/c13-11-8(3-1-4-9(11)12(14)17)7-15-6-2-5-10(15)16/h1,3-4H,2,5-7H2,(H2,14,17). The molecule has 1 fully saturated rings. The molecule has 0 aliphatic carbocycles. The summed E-state index contributed by atoms with van der Waals surface area (Å²) in [5, 5.41) is 0. The van der Waals surface area contributed by atoms with E-state index in [-0.39, 0.29) is 16.5 Å². The molecular weight excluding hydrogens is 239 g/mol. The molecule has 1 aliphatic rings. The summed E-state index contributed by atoms with van der Waals surface area (Å²) >= 11 is 4.77. The third kappa shape index (κ3) is 2.44. The largest absolute Gasteiger partial charge is 0.389 e. The Labute approximate surface area is 104 Å². The fourth-order valence-electron chi connectivity index (χ4n) is 1.97. The number of likely N-dealkylation sites (tertiary alicyclic amines) is 1. The Balaban J connectivity index is 2.24. The van der Waals surface area contributed by atoms with Gasteiger partial charge < -0.3 is 10.6 Å². The predicted octanol–water partition coefficient (Wildman–Crippen LogP) is 1.58. The van der Waals surface area contributed by atoms with Gasteiger partial charge in [0.15, 0.2) is 0 Å². The molecule has 2 rings (SSSR count). The van der Waals surface area contributed by atoms with Crippen LogP contribution in [0.2, 0.25) is 0 Å². The number of carbonyl (C=O) groups excluding carboxylic acids is 1. The van der Waals surface area contributed by atoms with Crippen molar-refractivity contribution < 1.29 is 9.18 Å². The van der Waals surface area contributed by atoms with E-state index in [1.54, 1.807) is 23.1 Å². The fraction of sp³-hybridized carbons (Fsp3) is 0.333. The highest BCUT2D eigenvalue weighted by Gasteiger charge is 2.21. The molecule has 1 aliphatic heterocycles. The number of nitrogens with zero attached hydrogens (tertiary/aromatic N) is 1. The molecule has 1 heterocycles. The van der Waals surface area contributed by atoms with Gasteiger partial charge in [0.1, 0.15) is 10.8 Å². The molecule has 0 saturated carbocycles. The number of benzene rings is 1. The van der Waals surface area contributed by atoms with E-state index in [9.17, 15) is 9.18 Å². The van der Waals surface area contributed by atoms with E-state index in [2.05, 4.69) is 0 Å². The van der Waals surface area contributed by atoms with Crippen molar-refractivity contribution in [2.75, 3.05) is 6.54 Å². The monoisotopic (exact) mass is 252 g/mol. The van der Waals surface area contributed by atoms with Crippen molar-refractivity contribution in [1.29, 1.82) is 0 Å². The zero-order chi connectivity index (χ0) is 12.4. The van der Waals surface area contributed by atoms with Gasteiger partial charge in [-0.05, 0) is 12.5 Å². The summed E-state index contributed by atoms with van der Waals surface area (Å²) in [6.07, 6.45) is 1.39. The Morgan fingerprint density at radius 3 is 2.88 bits per heavy atom. The summed E-state index contributed by atoms with van der Waals surface area (Å²) in [7, 11) is 0. The van der Waals surface area contributed by atoms with Gasteiger partial charge in [0, 0.05) is 30.6 Å². The summed E-state index contributed by atoms with van der Waals surface area (Å²) in [5.74, 6) is -0.343. The Bertz CT molecular complexity index is 476. The van der Waals surface area contributed by atoms with Crippen molar-refractivity contribution in [2.45, 2.75) is 19.4 Å². The van der Waals surface area contributed by atoms with Crippen LogP contribution in [0.3, 0.4) is 0 Å². The van der Waals surface area contributed by atoms with Gasteiger partial charge in [0.25, 0.3) is 0 Å². The zero-order valence-corrected chi connectivity index (χ0v) is 10.1. The predicted molar refractivity (Wildman–Crippen MR) is 66.9 cm³/mol. The second-order valence-electron chi connectivity index (χ2n) is 4.06. The van der Waals surface area contributed by atoms with Crippen molar-refractivity contribution >= 4 is 23.1 Å². The average molecular weight is 252 g/mol. The molecule has 1 saturated heterocycles. The van der Waals surface area contributed by atoms with Crippen LogP contribution in [-0.2, 0) is 11.3 Å². The number of halogens is 1. The Hall–Kier alpha value is -1.49. The lowest BCUT2D eigenvalue weighted by molar-refractivity contribution is -0.128. The lowest BCUT2D eigenvalue weighted by atomic mass is 10.1. The molecule has 0 aromatic heterocycles. The van der Waals surface area contributed by atoms with Gasteiger partial charge in [-0.2, -0.15) is 0 Å². The van der Waals surface area contributed by atoms with Gasteiger partial charge in [0.2, 0.25) is 5.91 Å². The molecule has 0 unspecified atom stereocenters. The van der Waals surface area contributed by atoms with E-state index in [4.69, 9.17) is 18.0 Å². The molecule has 5 heteroatoms. The lowest BCUT2D eigenvalue weighted by Crippen LogP contribution is -2.25. The summed E-state index contributed by atoms with van der Waals surface area (Å²) in [5.41, 5.74) is 6.13. The number of thiocarbonyl (C=S) groups is 1. The van der Waals surface area contributed by atoms with E-state index in [0.29, 0.717) is 25.1 Å². The fourth-order valence-corrected chi connectivity index (χ4v) is 2.13. The highest BCUT2D eigenvalue weighted by molar-refractivity contribution is 7.80. The second kappa shape index (κ2) is 4.79. The quantitative estimate of drug-likeness (QED) is 0.831. The zero-order valence-electron chi connectivity index (χ0n) is 9.28. The number of rotatable bonds is 3. The minimum absolute atomic E-state index is 0.0390. The SMILES string of the molecule is NC(=S)c1cccc(CN2CCCC2=O)c1F. The van der Waals surface area contributed by atoms with E-state index < -0.39 is 5.82 Å². The molecule has 0 bridgehead atoms. The maximum absolute atomic E-state index is 14.0. The first-order valence-electron chi connectivity index (χ1n) is 5.44. The number of carbonyl (C=O) groups is 1. The van der Waals surface area contributed by atoms with E-state index >= 15 is 0 Å². The first-order chi connectivity index (χ1) is 8.09. The normalized spacial score (nSPS) is 15.4. The van der Waals surface area contributed by atoms with Crippen LogP contribution in [0.1, 0.15) is 24.0 Å². The Morgan fingerprint density at radius 1 is 1.53 bits per heavy atom. The smallest absolute Gasteiger partial charge is 0.222 e. The summed E-state index contributed by atoms with van der Waals surface area (Å²) < 4.78 is 14.0. The van der Waals surface area contributed by atoms with Crippen LogP contribution in [0.5, 0.6) is 0 Å². The molecule has 1 aromatic rings. The molecular formula is C12H13FN2OS. The van der Waals surface area contributed by atoms with Crippen LogP contribution in [0.25, 0.3) is 0 Å².